The number of nitrogens with one attached hydrogen (secondary N) is 2. The fourth-order valence-corrected chi connectivity index (χ4v) is 3.33. The van der Waals surface area contributed by atoms with E-state index < -0.39 is 10.0 Å². The van der Waals surface area contributed by atoms with Crippen LogP contribution in [0.1, 0.15) is 19.8 Å². The van der Waals surface area contributed by atoms with Gasteiger partial charge in [-0.15, -0.1) is 0 Å². The number of hydrogen-bond acceptors (Lipinski definition) is 4. The van der Waals surface area contributed by atoms with Gasteiger partial charge in [0.2, 0.25) is 10.0 Å². The molecule has 1 aliphatic heterocycles. The molecule has 0 aliphatic carbocycles. The molecule has 1 unspecified atom stereocenters. The number of sulfonamides is 1. The van der Waals surface area contributed by atoms with E-state index in [1.165, 1.54) is 0 Å². The number of anilines is 1. The van der Waals surface area contributed by atoms with Crippen molar-refractivity contribution >= 4 is 15.7 Å². The van der Waals surface area contributed by atoms with Gasteiger partial charge in [-0.2, -0.15) is 0 Å². The first kappa shape index (κ1) is 14.3. The predicted octanol–water partition coefficient (Wildman–Crippen LogP) is 1.58. The Morgan fingerprint density at radius 3 is 2.63 bits per heavy atom. The Balaban J connectivity index is 2.05. The van der Waals surface area contributed by atoms with Crippen LogP contribution in [0.2, 0.25) is 0 Å². The first-order chi connectivity index (χ1) is 9.12. The first-order valence-corrected chi connectivity index (χ1v) is 8.04. The lowest BCUT2D eigenvalue weighted by molar-refractivity contribution is 0.0774. The number of ether oxygens (including phenoxy) is 1. The van der Waals surface area contributed by atoms with Crippen LogP contribution in [0.3, 0.4) is 0 Å². The maximum atomic E-state index is 12.2. The normalized spacial score (nSPS) is 20.2. The Morgan fingerprint density at radius 2 is 2.05 bits per heavy atom. The van der Waals surface area contributed by atoms with E-state index in [0.717, 1.165) is 31.7 Å². The van der Waals surface area contributed by atoms with Gasteiger partial charge >= 0.3 is 0 Å². The SMILES string of the molecule is CCNc1ccc(S(=O)(=O)NC2CCCOC2)cc1. The maximum Gasteiger partial charge on any atom is 0.240 e. The van der Waals surface area contributed by atoms with E-state index in [1.807, 2.05) is 6.92 Å². The lowest BCUT2D eigenvalue weighted by atomic mass is 10.1. The van der Waals surface area contributed by atoms with E-state index in [9.17, 15) is 8.42 Å². The van der Waals surface area contributed by atoms with Gasteiger partial charge in [0.05, 0.1) is 11.5 Å². The monoisotopic (exact) mass is 284 g/mol. The molecular weight excluding hydrogens is 264 g/mol. The molecule has 0 radical (unpaired) electrons. The molecule has 1 saturated heterocycles. The Labute approximate surface area is 114 Å². The zero-order valence-electron chi connectivity index (χ0n) is 11.1. The second-order valence-electron chi connectivity index (χ2n) is 4.59. The summed E-state index contributed by atoms with van der Waals surface area (Å²) in [4.78, 5) is 0.291. The molecule has 6 heteroatoms. The largest absolute Gasteiger partial charge is 0.385 e. The highest BCUT2D eigenvalue weighted by atomic mass is 32.2. The summed E-state index contributed by atoms with van der Waals surface area (Å²) in [5.74, 6) is 0. The van der Waals surface area contributed by atoms with Gasteiger partial charge < -0.3 is 10.1 Å². The van der Waals surface area contributed by atoms with Crippen molar-refractivity contribution in [1.29, 1.82) is 0 Å². The van der Waals surface area contributed by atoms with E-state index in [2.05, 4.69) is 10.0 Å². The molecule has 5 nitrogen and oxygen atoms in total. The van der Waals surface area contributed by atoms with E-state index in [4.69, 9.17) is 4.74 Å². The molecule has 1 fully saturated rings. The van der Waals surface area contributed by atoms with E-state index in [-0.39, 0.29) is 6.04 Å². The van der Waals surface area contributed by atoms with Crippen molar-refractivity contribution in [3.8, 4) is 0 Å². The van der Waals surface area contributed by atoms with Gasteiger partial charge in [0.15, 0.2) is 0 Å². The van der Waals surface area contributed by atoms with Crippen LogP contribution in [0.4, 0.5) is 5.69 Å². The van der Waals surface area contributed by atoms with Gasteiger partial charge in [0.1, 0.15) is 0 Å². The third kappa shape index (κ3) is 3.92. The van der Waals surface area contributed by atoms with E-state index in [0.29, 0.717) is 11.5 Å². The minimum absolute atomic E-state index is 0.118. The zero-order chi connectivity index (χ0) is 13.7. The molecule has 0 saturated carbocycles. The highest BCUT2D eigenvalue weighted by Crippen LogP contribution is 2.16. The highest BCUT2D eigenvalue weighted by Gasteiger charge is 2.22. The highest BCUT2D eigenvalue weighted by molar-refractivity contribution is 7.89. The van der Waals surface area contributed by atoms with E-state index >= 15 is 0 Å². The topological polar surface area (TPSA) is 67.4 Å². The molecule has 0 spiro atoms. The molecular formula is C13H20N2O3S. The van der Waals surface area contributed by atoms with E-state index in [1.54, 1.807) is 24.3 Å². The van der Waals surface area contributed by atoms with Crippen LogP contribution in [-0.2, 0) is 14.8 Å². The van der Waals surface area contributed by atoms with Gasteiger partial charge in [-0.25, -0.2) is 13.1 Å². The Morgan fingerprint density at radius 1 is 1.32 bits per heavy atom. The Kier molecular flexibility index (Phi) is 4.79. The summed E-state index contributed by atoms with van der Waals surface area (Å²) in [6.45, 7) is 3.98. The summed E-state index contributed by atoms with van der Waals surface area (Å²) >= 11 is 0. The summed E-state index contributed by atoms with van der Waals surface area (Å²) < 4.78 is 32.3. The van der Waals surface area contributed by atoms with Crippen LogP contribution in [0, 0.1) is 0 Å². The van der Waals surface area contributed by atoms with Crippen LogP contribution in [0.15, 0.2) is 29.2 Å². The van der Waals surface area contributed by atoms with Crippen LogP contribution in [-0.4, -0.2) is 34.2 Å². The summed E-state index contributed by atoms with van der Waals surface area (Å²) in [6, 6.07) is 6.66. The van der Waals surface area contributed by atoms with Crippen molar-refractivity contribution in [2.24, 2.45) is 0 Å². The molecule has 1 aromatic carbocycles. The lowest BCUT2D eigenvalue weighted by Gasteiger charge is -2.23. The molecule has 0 amide bonds. The van der Waals surface area contributed by atoms with Crippen molar-refractivity contribution in [1.82, 2.24) is 4.72 Å². The molecule has 1 heterocycles. The molecule has 1 aliphatic rings. The second-order valence-corrected chi connectivity index (χ2v) is 6.30. The van der Waals surface area contributed by atoms with Gasteiger partial charge in [-0.3, -0.25) is 0 Å². The molecule has 19 heavy (non-hydrogen) atoms. The first-order valence-electron chi connectivity index (χ1n) is 6.56. The van der Waals surface area contributed by atoms with Crippen LogP contribution in [0.25, 0.3) is 0 Å². The predicted molar refractivity (Wildman–Crippen MR) is 74.8 cm³/mol. The van der Waals surface area contributed by atoms with Crippen molar-refractivity contribution in [2.75, 3.05) is 25.1 Å². The maximum absolute atomic E-state index is 12.2. The molecule has 0 bridgehead atoms. The summed E-state index contributed by atoms with van der Waals surface area (Å²) in [5.41, 5.74) is 0.919. The fraction of sp³-hybridized carbons (Fsp3) is 0.538. The zero-order valence-corrected chi connectivity index (χ0v) is 11.9. The summed E-state index contributed by atoms with van der Waals surface area (Å²) in [7, 11) is -3.45. The standard InChI is InChI=1S/C13H20N2O3S/c1-2-14-11-5-7-13(8-6-11)19(16,17)15-12-4-3-9-18-10-12/h5-8,12,14-15H,2-4,9-10H2,1H3. The second kappa shape index (κ2) is 6.36. The Bertz CT molecular complexity index is 493. The van der Waals surface area contributed by atoms with Gasteiger partial charge in [0.25, 0.3) is 0 Å². The van der Waals surface area contributed by atoms with Gasteiger partial charge in [-0.1, -0.05) is 0 Å². The molecule has 0 aromatic heterocycles. The minimum Gasteiger partial charge on any atom is -0.385 e. The van der Waals surface area contributed by atoms with Crippen LogP contribution < -0.4 is 10.0 Å². The fourth-order valence-electron chi connectivity index (χ4n) is 2.08. The number of hydrogen-bond donors (Lipinski definition) is 2. The Hall–Kier alpha value is -1.11. The lowest BCUT2D eigenvalue weighted by Crippen LogP contribution is -2.40. The molecule has 2 N–H and O–H groups in total. The van der Waals surface area contributed by atoms with Gasteiger partial charge in [0, 0.05) is 24.9 Å². The molecule has 1 aromatic rings. The van der Waals surface area contributed by atoms with Crippen molar-refractivity contribution in [3.63, 3.8) is 0 Å². The van der Waals surface area contributed by atoms with Crippen molar-refractivity contribution in [3.05, 3.63) is 24.3 Å². The minimum atomic E-state index is -3.45. The quantitative estimate of drug-likeness (QED) is 0.861. The molecule has 106 valence electrons. The molecule has 2 rings (SSSR count). The average Bonchev–Trinajstić information content (AvgIpc) is 2.40. The molecule has 1 atom stereocenters. The smallest absolute Gasteiger partial charge is 0.240 e. The summed E-state index contributed by atoms with van der Waals surface area (Å²) in [6.07, 6.45) is 1.72. The van der Waals surface area contributed by atoms with Crippen LogP contribution >= 0.6 is 0 Å². The van der Waals surface area contributed by atoms with Gasteiger partial charge in [-0.05, 0) is 44.0 Å². The number of rotatable bonds is 5. The number of benzene rings is 1. The van der Waals surface area contributed by atoms with Crippen molar-refractivity contribution < 1.29 is 13.2 Å². The third-order valence-corrected chi connectivity index (χ3v) is 4.56. The van der Waals surface area contributed by atoms with Crippen LogP contribution in [0.5, 0.6) is 0 Å². The third-order valence-electron chi connectivity index (χ3n) is 3.03. The summed E-state index contributed by atoms with van der Waals surface area (Å²) in [5, 5.41) is 3.13. The average molecular weight is 284 g/mol. The van der Waals surface area contributed by atoms with Crippen molar-refractivity contribution in [2.45, 2.75) is 30.7 Å².